The van der Waals surface area contributed by atoms with Crippen molar-refractivity contribution in [1.29, 1.82) is 0 Å². The summed E-state index contributed by atoms with van der Waals surface area (Å²) in [6.45, 7) is 10.1. The maximum atomic E-state index is 12.8. The van der Waals surface area contributed by atoms with Crippen molar-refractivity contribution >= 4 is 17.4 Å². The molecule has 0 spiro atoms. The number of hydrogen-bond acceptors (Lipinski definition) is 5. The van der Waals surface area contributed by atoms with E-state index in [2.05, 4.69) is 42.6 Å². The molecule has 0 radical (unpaired) electrons. The monoisotopic (exact) mass is 296 g/mol. The number of hydrogen-bond donors (Lipinski definition) is 1. The van der Waals surface area contributed by atoms with E-state index in [4.69, 9.17) is 0 Å². The molecule has 0 bridgehead atoms. The number of carbonyl (C=O) groups is 1. The van der Waals surface area contributed by atoms with Crippen LogP contribution in [-0.4, -0.2) is 45.6 Å². The van der Waals surface area contributed by atoms with E-state index in [1.807, 2.05) is 4.90 Å². The number of aromatic nitrogens is 2. The largest absolute Gasteiger partial charge is 0.332 e. The number of rotatable bonds is 4. The Balaban J connectivity index is 2.22. The molecule has 1 fully saturated rings. The molecule has 5 nitrogen and oxygen atoms in total. The Morgan fingerprint density at radius 2 is 2.20 bits per heavy atom. The van der Waals surface area contributed by atoms with E-state index in [1.54, 1.807) is 0 Å². The van der Waals surface area contributed by atoms with Gasteiger partial charge in [-0.05, 0) is 30.3 Å². The van der Waals surface area contributed by atoms with Gasteiger partial charge in [0.1, 0.15) is 4.88 Å². The Kier molecular flexibility index (Phi) is 5.10. The standard InChI is InChI=1S/C14H24N4OS/c1-5-10-8-18(11(6-2)7-15-10)14(19)13-12(9(3)4)16-17-20-13/h9-11,15H,5-8H2,1-4H3. The van der Waals surface area contributed by atoms with Crippen molar-refractivity contribution in [3.63, 3.8) is 0 Å². The number of nitrogens with zero attached hydrogens (tertiary/aromatic N) is 3. The van der Waals surface area contributed by atoms with Crippen LogP contribution in [0.1, 0.15) is 61.8 Å². The average Bonchev–Trinajstić information content (AvgIpc) is 2.95. The second-order valence-corrected chi connectivity index (χ2v) is 6.43. The van der Waals surface area contributed by atoms with Crippen LogP contribution in [0.3, 0.4) is 0 Å². The van der Waals surface area contributed by atoms with Gasteiger partial charge in [0.2, 0.25) is 0 Å². The van der Waals surface area contributed by atoms with Gasteiger partial charge in [0.15, 0.2) is 0 Å². The molecule has 0 aromatic carbocycles. The Morgan fingerprint density at radius 3 is 2.80 bits per heavy atom. The third kappa shape index (κ3) is 3.01. The van der Waals surface area contributed by atoms with Crippen LogP contribution in [0.2, 0.25) is 0 Å². The number of nitrogens with one attached hydrogen (secondary N) is 1. The fraction of sp³-hybridized carbons (Fsp3) is 0.786. The normalized spacial score (nSPS) is 23.4. The lowest BCUT2D eigenvalue weighted by Gasteiger charge is -2.39. The van der Waals surface area contributed by atoms with Crippen LogP contribution < -0.4 is 5.32 Å². The van der Waals surface area contributed by atoms with E-state index < -0.39 is 0 Å². The molecule has 2 heterocycles. The molecular weight excluding hydrogens is 272 g/mol. The van der Waals surface area contributed by atoms with E-state index >= 15 is 0 Å². The van der Waals surface area contributed by atoms with Crippen LogP contribution in [0.4, 0.5) is 0 Å². The molecule has 1 amide bonds. The van der Waals surface area contributed by atoms with Crippen molar-refractivity contribution in [2.24, 2.45) is 0 Å². The van der Waals surface area contributed by atoms with Gasteiger partial charge >= 0.3 is 0 Å². The van der Waals surface area contributed by atoms with Gasteiger partial charge < -0.3 is 10.2 Å². The summed E-state index contributed by atoms with van der Waals surface area (Å²) in [5.41, 5.74) is 0.835. The third-order valence-electron chi connectivity index (χ3n) is 3.98. The molecule has 2 atom stereocenters. The molecule has 2 rings (SSSR count). The summed E-state index contributed by atoms with van der Waals surface area (Å²) in [5, 5.41) is 7.64. The molecule has 1 aromatic heterocycles. The van der Waals surface area contributed by atoms with Gasteiger partial charge in [-0.25, -0.2) is 0 Å². The summed E-state index contributed by atoms with van der Waals surface area (Å²) in [7, 11) is 0. The molecule has 1 aliphatic rings. The lowest BCUT2D eigenvalue weighted by molar-refractivity contribution is 0.0579. The van der Waals surface area contributed by atoms with Gasteiger partial charge in [-0.3, -0.25) is 4.79 Å². The molecule has 1 aliphatic heterocycles. The number of piperazine rings is 1. The van der Waals surface area contributed by atoms with Crippen molar-refractivity contribution in [3.05, 3.63) is 10.6 Å². The molecule has 1 aromatic rings. The molecule has 1 saturated heterocycles. The van der Waals surface area contributed by atoms with E-state index in [-0.39, 0.29) is 17.9 Å². The van der Waals surface area contributed by atoms with Gasteiger partial charge in [0.25, 0.3) is 5.91 Å². The minimum absolute atomic E-state index is 0.107. The SMILES string of the molecule is CCC1CN(C(=O)c2snnc2C(C)C)C(CC)CN1. The van der Waals surface area contributed by atoms with E-state index in [0.29, 0.717) is 6.04 Å². The fourth-order valence-electron chi connectivity index (χ4n) is 2.60. The minimum Gasteiger partial charge on any atom is -0.332 e. The molecule has 112 valence electrons. The lowest BCUT2D eigenvalue weighted by atomic mass is 10.0. The highest BCUT2D eigenvalue weighted by Gasteiger charge is 2.32. The van der Waals surface area contributed by atoms with Crippen molar-refractivity contribution in [3.8, 4) is 0 Å². The quantitative estimate of drug-likeness (QED) is 0.926. The predicted molar refractivity (Wildman–Crippen MR) is 81.2 cm³/mol. The highest BCUT2D eigenvalue weighted by atomic mass is 32.1. The molecule has 2 unspecified atom stereocenters. The van der Waals surface area contributed by atoms with E-state index in [1.165, 1.54) is 11.5 Å². The first-order valence-corrected chi connectivity index (χ1v) is 8.22. The second-order valence-electron chi connectivity index (χ2n) is 5.68. The zero-order valence-corrected chi connectivity index (χ0v) is 13.5. The summed E-state index contributed by atoms with van der Waals surface area (Å²) in [6.07, 6.45) is 2.01. The topological polar surface area (TPSA) is 58.1 Å². The van der Waals surface area contributed by atoms with E-state index in [9.17, 15) is 4.79 Å². The smallest absolute Gasteiger partial charge is 0.267 e. The van der Waals surface area contributed by atoms with Gasteiger partial charge in [-0.2, -0.15) is 0 Å². The van der Waals surface area contributed by atoms with Crippen LogP contribution in [0.25, 0.3) is 0 Å². The third-order valence-corrected chi connectivity index (χ3v) is 4.71. The number of amides is 1. The Hall–Kier alpha value is -1.01. The maximum Gasteiger partial charge on any atom is 0.267 e. The maximum absolute atomic E-state index is 12.8. The van der Waals surface area contributed by atoms with Crippen LogP contribution in [0.5, 0.6) is 0 Å². The fourth-order valence-corrected chi connectivity index (χ4v) is 3.38. The zero-order valence-electron chi connectivity index (χ0n) is 12.7. The molecule has 0 aliphatic carbocycles. The highest BCUT2D eigenvalue weighted by Crippen LogP contribution is 2.24. The molecular formula is C14H24N4OS. The Labute approximate surface area is 124 Å². The van der Waals surface area contributed by atoms with Crippen LogP contribution in [0, 0.1) is 0 Å². The predicted octanol–water partition coefficient (Wildman–Crippen LogP) is 2.26. The number of carbonyl (C=O) groups excluding carboxylic acids is 1. The summed E-state index contributed by atoms with van der Waals surface area (Å²) >= 11 is 1.23. The van der Waals surface area contributed by atoms with Crippen molar-refractivity contribution in [1.82, 2.24) is 19.8 Å². The van der Waals surface area contributed by atoms with Gasteiger partial charge in [0.05, 0.1) is 5.69 Å². The van der Waals surface area contributed by atoms with Crippen LogP contribution in [0.15, 0.2) is 0 Å². The molecule has 0 saturated carbocycles. The Bertz CT molecular complexity index is 460. The van der Waals surface area contributed by atoms with Crippen LogP contribution >= 0.6 is 11.5 Å². The summed E-state index contributed by atoms with van der Waals surface area (Å²) < 4.78 is 3.98. The lowest BCUT2D eigenvalue weighted by Crippen LogP contribution is -2.57. The Morgan fingerprint density at radius 1 is 1.45 bits per heavy atom. The summed E-state index contributed by atoms with van der Waals surface area (Å²) in [5.74, 6) is 0.341. The molecule has 20 heavy (non-hydrogen) atoms. The average molecular weight is 296 g/mol. The van der Waals surface area contributed by atoms with Gasteiger partial charge in [-0.1, -0.05) is 32.2 Å². The minimum atomic E-state index is 0.107. The second kappa shape index (κ2) is 6.63. The first-order valence-electron chi connectivity index (χ1n) is 7.45. The highest BCUT2D eigenvalue weighted by molar-refractivity contribution is 7.08. The van der Waals surface area contributed by atoms with E-state index in [0.717, 1.165) is 36.5 Å². The molecule has 1 N–H and O–H groups in total. The first kappa shape index (κ1) is 15.4. The van der Waals surface area contributed by atoms with Crippen LogP contribution in [-0.2, 0) is 0 Å². The van der Waals surface area contributed by atoms with Gasteiger partial charge in [0, 0.05) is 25.2 Å². The zero-order chi connectivity index (χ0) is 14.7. The molecule has 6 heteroatoms. The van der Waals surface area contributed by atoms with Crippen molar-refractivity contribution < 1.29 is 4.79 Å². The first-order chi connectivity index (χ1) is 9.58. The van der Waals surface area contributed by atoms with Gasteiger partial charge in [-0.15, -0.1) is 5.10 Å². The summed E-state index contributed by atoms with van der Waals surface area (Å²) in [6, 6.07) is 0.664. The summed E-state index contributed by atoms with van der Waals surface area (Å²) in [4.78, 5) is 15.6. The van der Waals surface area contributed by atoms with Crippen molar-refractivity contribution in [2.45, 2.75) is 58.5 Å². The van der Waals surface area contributed by atoms with Crippen molar-refractivity contribution in [2.75, 3.05) is 13.1 Å².